The van der Waals surface area contributed by atoms with Crippen molar-refractivity contribution in [2.45, 2.75) is 39.2 Å². The van der Waals surface area contributed by atoms with Gasteiger partial charge in [-0.3, -0.25) is 9.69 Å². The molecule has 1 amide bonds. The third-order valence-electron chi connectivity index (χ3n) is 3.81. The van der Waals surface area contributed by atoms with Gasteiger partial charge in [0.2, 0.25) is 5.91 Å². The largest absolute Gasteiger partial charge is 0.399 e. The quantitative estimate of drug-likeness (QED) is 0.752. The highest BCUT2D eigenvalue weighted by Crippen LogP contribution is 2.30. The molecule has 1 unspecified atom stereocenters. The van der Waals surface area contributed by atoms with Gasteiger partial charge >= 0.3 is 0 Å². The van der Waals surface area contributed by atoms with Crippen LogP contribution in [0.1, 0.15) is 33.1 Å². The van der Waals surface area contributed by atoms with E-state index < -0.39 is 0 Å². The van der Waals surface area contributed by atoms with Gasteiger partial charge in [-0.1, -0.05) is 6.92 Å². The molecule has 1 atom stereocenters. The van der Waals surface area contributed by atoms with Gasteiger partial charge in [0.1, 0.15) is 0 Å². The maximum Gasteiger partial charge on any atom is 0.241 e. The number of nitrogens with one attached hydrogen (secondary N) is 1. The fourth-order valence-electron chi connectivity index (χ4n) is 2.34. The van der Waals surface area contributed by atoms with Crippen LogP contribution in [0.3, 0.4) is 0 Å². The van der Waals surface area contributed by atoms with Crippen molar-refractivity contribution in [1.82, 2.24) is 4.90 Å². The summed E-state index contributed by atoms with van der Waals surface area (Å²) in [6, 6.07) is 7.19. The van der Waals surface area contributed by atoms with Crippen LogP contribution in [0.2, 0.25) is 0 Å². The number of nitrogens with two attached hydrogens (primary N) is 1. The third kappa shape index (κ3) is 4.23. The number of benzene rings is 1. The van der Waals surface area contributed by atoms with Gasteiger partial charge in [0.05, 0.1) is 6.04 Å². The molecule has 0 radical (unpaired) electrons. The van der Waals surface area contributed by atoms with Crippen molar-refractivity contribution in [2.24, 2.45) is 5.92 Å². The second-order valence-electron chi connectivity index (χ2n) is 5.73. The molecule has 3 N–H and O–H groups in total. The SMILES string of the molecule is CCCN(CC1CC1)C(C)C(=O)Nc1ccc(N)cc1. The fourth-order valence-corrected chi connectivity index (χ4v) is 2.34. The Morgan fingerprint density at radius 2 is 2.05 bits per heavy atom. The number of anilines is 2. The van der Waals surface area contributed by atoms with E-state index in [9.17, 15) is 4.79 Å². The molecule has 4 heteroatoms. The van der Waals surface area contributed by atoms with E-state index in [-0.39, 0.29) is 11.9 Å². The van der Waals surface area contributed by atoms with Gasteiger partial charge in [0.25, 0.3) is 0 Å². The molecule has 0 saturated heterocycles. The summed E-state index contributed by atoms with van der Waals surface area (Å²) in [4.78, 5) is 14.6. The first-order valence-corrected chi connectivity index (χ1v) is 7.50. The predicted octanol–water partition coefficient (Wildman–Crippen LogP) is 2.72. The number of hydrogen-bond acceptors (Lipinski definition) is 3. The van der Waals surface area contributed by atoms with E-state index in [0.29, 0.717) is 5.69 Å². The normalized spacial score (nSPS) is 16.1. The van der Waals surface area contributed by atoms with Crippen molar-refractivity contribution in [3.05, 3.63) is 24.3 Å². The molecule has 0 bridgehead atoms. The van der Waals surface area contributed by atoms with E-state index in [1.807, 2.05) is 19.1 Å². The van der Waals surface area contributed by atoms with E-state index in [0.717, 1.165) is 31.1 Å². The first kappa shape index (κ1) is 14.9. The Morgan fingerprint density at radius 3 is 2.60 bits per heavy atom. The molecule has 1 fully saturated rings. The first-order valence-electron chi connectivity index (χ1n) is 7.50. The summed E-state index contributed by atoms with van der Waals surface area (Å²) in [5, 5.41) is 2.97. The zero-order valence-corrected chi connectivity index (χ0v) is 12.4. The number of carbonyl (C=O) groups excluding carboxylic acids is 1. The molecule has 4 nitrogen and oxygen atoms in total. The maximum absolute atomic E-state index is 12.3. The Hall–Kier alpha value is -1.55. The van der Waals surface area contributed by atoms with Crippen molar-refractivity contribution in [3.8, 4) is 0 Å². The molecular weight excluding hydrogens is 250 g/mol. The highest BCUT2D eigenvalue weighted by atomic mass is 16.2. The zero-order valence-electron chi connectivity index (χ0n) is 12.4. The average molecular weight is 275 g/mol. The second-order valence-corrected chi connectivity index (χ2v) is 5.73. The molecule has 2 rings (SSSR count). The summed E-state index contributed by atoms with van der Waals surface area (Å²) in [6.07, 6.45) is 3.70. The Morgan fingerprint density at radius 1 is 1.40 bits per heavy atom. The van der Waals surface area contributed by atoms with Crippen LogP contribution in [0.4, 0.5) is 11.4 Å². The zero-order chi connectivity index (χ0) is 14.5. The van der Waals surface area contributed by atoms with Crippen LogP contribution >= 0.6 is 0 Å². The predicted molar refractivity (Wildman–Crippen MR) is 83.5 cm³/mol. The maximum atomic E-state index is 12.3. The van der Waals surface area contributed by atoms with E-state index >= 15 is 0 Å². The molecule has 20 heavy (non-hydrogen) atoms. The van der Waals surface area contributed by atoms with E-state index in [4.69, 9.17) is 5.73 Å². The Kier molecular flexibility index (Phi) is 5.01. The number of hydrogen-bond donors (Lipinski definition) is 2. The molecule has 1 saturated carbocycles. The molecule has 1 aromatic carbocycles. The lowest BCUT2D eigenvalue weighted by molar-refractivity contribution is -0.120. The smallest absolute Gasteiger partial charge is 0.241 e. The molecule has 0 aliphatic heterocycles. The fraction of sp³-hybridized carbons (Fsp3) is 0.562. The summed E-state index contributed by atoms with van der Waals surface area (Å²) in [5.74, 6) is 0.859. The minimum Gasteiger partial charge on any atom is -0.399 e. The molecule has 110 valence electrons. The molecule has 0 heterocycles. The van der Waals surface area contributed by atoms with Gasteiger partial charge in [-0.25, -0.2) is 0 Å². The lowest BCUT2D eigenvalue weighted by atomic mass is 10.2. The summed E-state index contributed by atoms with van der Waals surface area (Å²) in [6.45, 7) is 6.17. The van der Waals surface area contributed by atoms with Crippen LogP contribution in [0.5, 0.6) is 0 Å². The highest BCUT2D eigenvalue weighted by Gasteiger charge is 2.28. The van der Waals surface area contributed by atoms with E-state index in [1.165, 1.54) is 12.8 Å². The van der Waals surface area contributed by atoms with Gasteiger partial charge in [0, 0.05) is 17.9 Å². The third-order valence-corrected chi connectivity index (χ3v) is 3.81. The monoisotopic (exact) mass is 275 g/mol. The molecule has 1 aromatic rings. The number of rotatable bonds is 7. The Balaban J connectivity index is 1.92. The lowest BCUT2D eigenvalue weighted by Crippen LogP contribution is -2.43. The molecule has 0 spiro atoms. The Labute approximate surface area is 121 Å². The number of carbonyl (C=O) groups is 1. The van der Waals surface area contributed by atoms with Crippen LogP contribution < -0.4 is 11.1 Å². The van der Waals surface area contributed by atoms with Crippen molar-refractivity contribution in [3.63, 3.8) is 0 Å². The molecule has 0 aromatic heterocycles. The summed E-state index contributed by atoms with van der Waals surface area (Å²) < 4.78 is 0. The minimum atomic E-state index is -0.0897. The van der Waals surface area contributed by atoms with E-state index in [2.05, 4.69) is 17.1 Å². The average Bonchev–Trinajstić information content (AvgIpc) is 3.24. The summed E-state index contributed by atoms with van der Waals surface area (Å²) in [7, 11) is 0. The number of nitrogens with zero attached hydrogens (tertiary/aromatic N) is 1. The highest BCUT2D eigenvalue weighted by molar-refractivity contribution is 5.94. The van der Waals surface area contributed by atoms with Gasteiger partial charge in [0.15, 0.2) is 0 Å². The van der Waals surface area contributed by atoms with Crippen LogP contribution in [0.15, 0.2) is 24.3 Å². The van der Waals surface area contributed by atoms with Crippen LogP contribution in [0.25, 0.3) is 0 Å². The summed E-state index contributed by atoms with van der Waals surface area (Å²) in [5.41, 5.74) is 7.16. The van der Waals surface area contributed by atoms with Crippen molar-refractivity contribution < 1.29 is 4.79 Å². The van der Waals surface area contributed by atoms with Crippen LogP contribution in [0, 0.1) is 5.92 Å². The van der Waals surface area contributed by atoms with Crippen molar-refractivity contribution in [1.29, 1.82) is 0 Å². The standard InChI is InChI=1S/C16H25N3O/c1-3-10-19(11-13-4-5-13)12(2)16(20)18-15-8-6-14(17)7-9-15/h6-9,12-13H,3-5,10-11,17H2,1-2H3,(H,18,20). The van der Waals surface area contributed by atoms with Crippen LogP contribution in [-0.4, -0.2) is 29.9 Å². The van der Waals surface area contributed by atoms with Gasteiger partial charge in [-0.2, -0.15) is 0 Å². The summed E-state index contributed by atoms with van der Waals surface area (Å²) >= 11 is 0. The minimum absolute atomic E-state index is 0.0591. The topological polar surface area (TPSA) is 58.4 Å². The lowest BCUT2D eigenvalue weighted by Gasteiger charge is -2.27. The second kappa shape index (κ2) is 6.75. The Bertz CT molecular complexity index is 440. The molecular formula is C16H25N3O. The van der Waals surface area contributed by atoms with Gasteiger partial charge in [-0.15, -0.1) is 0 Å². The van der Waals surface area contributed by atoms with Crippen LogP contribution in [-0.2, 0) is 4.79 Å². The van der Waals surface area contributed by atoms with Gasteiger partial charge < -0.3 is 11.1 Å². The van der Waals surface area contributed by atoms with Gasteiger partial charge in [-0.05, 0) is 62.9 Å². The van der Waals surface area contributed by atoms with Crippen molar-refractivity contribution in [2.75, 3.05) is 24.1 Å². The molecule has 1 aliphatic rings. The molecule has 1 aliphatic carbocycles. The first-order chi connectivity index (χ1) is 9.60. The number of amides is 1. The van der Waals surface area contributed by atoms with E-state index in [1.54, 1.807) is 12.1 Å². The van der Waals surface area contributed by atoms with Crippen molar-refractivity contribution >= 4 is 17.3 Å². The number of nitrogen functional groups attached to an aromatic ring is 1.